The minimum Gasteiger partial charge on any atom is -0.478 e. The van der Waals surface area contributed by atoms with Crippen molar-refractivity contribution >= 4 is 58.4 Å². The number of thioether (sulfide) groups is 1. The van der Waals surface area contributed by atoms with Crippen molar-refractivity contribution in [3.63, 3.8) is 0 Å². The first kappa shape index (κ1) is 32.6. The van der Waals surface area contributed by atoms with E-state index in [1.165, 1.54) is 0 Å². The molecule has 0 unspecified atom stereocenters. The fourth-order valence-electron chi connectivity index (χ4n) is 4.75. The lowest BCUT2D eigenvalue weighted by molar-refractivity contribution is -0.137. The van der Waals surface area contributed by atoms with Gasteiger partial charge in [-0.05, 0) is 72.5 Å². The zero-order valence-electron chi connectivity index (χ0n) is 24.0. The molecule has 13 heteroatoms. The number of urea groups is 1. The molecular weight excluding hydrogens is 641 g/mol. The average molecular weight is 667 g/mol. The third kappa shape index (κ3) is 7.88. The van der Waals surface area contributed by atoms with Crippen molar-refractivity contribution in [2.75, 3.05) is 22.5 Å². The lowest BCUT2D eigenvalue weighted by atomic mass is 10.1. The van der Waals surface area contributed by atoms with Gasteiger partial charge in [0.05, 0.1) is 27.5 Å². The number of amides is 3. The summed E-state index contributed by atoms with van der Waals surface area (Å²) in [5.74, 6) is -0.726. The summed E-state index contributed by atoms with van der Waals surface area (Å²) in [6, 6.07) is 23.5. The highest BCUT2D eigenvalue weighted by atomic mass is 35.5. The zero-order chi connectivity index (χ0) is 32.8. The van der Waals surface area contributed by atoms with Gasteiger partial charge in [0.1, 0.15) is 0 Å². The Bertz CT molecular complexity index is 1800. The summed E-state index contributed by atoms with van der Waals surface area (Å²) in [5.41, 5.74) is 4.62. The molecule has 3 amide bonds. The molecule has 3 N–H and O–H groups in total. The third-order valence-corrected chi connectivity index (χ3v) is 8.41. The van der Waals surface area contributed by atoms with E-state index in [2.05, 4.69) is 15.8 Å². The predicted molar refractivity (Wildman–Crippen MR) is 172 cm³/mol. The van der Waals surface area contributed by atoms with E-state index in [1.54, 1.807) is 40.9 Å². The minimum atomic E-state index is -4.59. The summed E-state index contributed by atoms with van der Waals surface area (Å²) in [6.45, 7) is 0.362. The van der Waals surface area contributed by atoms with Crippen molar-refractivity contribution in [1.82, 2.24) is 5.43 Å². The molecule has 0 aromatic heterocycles. The van der Waals surface area contributed by atoms with Gasteiger partial charge in [-0.1, -0.05) is 54.1 Å². The van der Waals surface area contributed by atoms with Gasteiger partial charge >= 0.3 is 18.2 Å². The number of aryl methyl sites for hydroxylation is 1. The second-order valence-electron chi connectivity index (χ2n) is 10.2. The van der Waals surface area contributed by atoms with Crippen LogP contribution in [-0.2, 0) is 23.8 Å². The van der Waals surface area contributed by atoms with E-state index in [0.29, 0.717) is 42.5 Å². The normalized spacial score (nSPS) is 13.5. The summed E-state index contributed by atoms with van der Waals surface area (Å²) in [6.07, 6.45) is -3.33. The fraction of sp³-hybridized carbons (Fsp3) is 0.152. The van der Waals surface area contributed by atoms with E-state index in [4.69, 9.17) is 16.7 Å². The minimum absolute atomic E-state index is 0.00318. The van der Waals surface area contributed by atoms with Crippen LogP contribution >= 0.6 is 23.4 Å². The largest absolute Gasteiger partial charge is 0.478 e. The molecule has 236 valence electrons. The Hall–Kier alpha value is -4.81. The Balaban J connectivity index is 1.32. The highest BCUT2D eigenvalue weighted by Crippen LogP contribution is 2.35. The van der Waals surface area contributed by atoms with Crippen LogP contribution in [0.3, 0.4) is 0 Å². The number of halogens is 4. The number of hydrogen-bond acceptors (Lipinski definition) is 5. The van der Waals surface area contributed by atoms with E-state index in [0.717, 1.165) is 28.2 Å². The van der Waals surface area contributed by atoms with Crippen LogP contribution < -0.4 is 15.6 Å². The number of carboxylic acid groups (broad SMARTS) is 1. The van der Waals surface area contributed by atoms with E-state index in [9.17, 15) is 27.6 Å². The van der Waals surface area contributed by atoms with Crippen LogP contribution in [0.15, 0.2) is 101 Å². The lowest BCUT2D eigenvalue weighted by Gasteiger charge is -2.17. The van der Waals surface area contributed by atoms with Crippen LogP contribution in [0.4, 0.5) is 29.3 Å². The van der Waals surface area contributed by atoms with Crippen LogP contribution in [0.5, 0.6) is 0 Å². The smallest absolute Gasteiger partial charge is 0.416 e. The quantitative estimate of drug-likeness (QED) is 0.120. The number of benzene rings is 4. The van der Waals surface area contributed by atoms with Crippen LogP contribution in [0.1, 0.15) is 32.6 Å². The molecule has 1 aliphatic rings. The highest BCUT2D eigenvalue weighted by Gasteiger charge is 2.35. The molecule has 0 atom stereocenters. The first-order valence-electron chi connectivity index (χ1n) is 14.0. The standard InChI is InChI=1S/C33H26ClF3N4O4S/c34-26-18-23(33(35,36)37)10-12-27(26)38-32(45)40-39-29-25-19-24(46-17-15-21-6-8-22(9-7-21)31(43)44)11-13-28(25)41(30(29)42)16-14-20-4-2-1-3-5-20/h1-13,18-19H,14-17H2,(H,43,44)(H2,38,40,45). The zero-order valence-corrected chi connectivity index (χ0v) is 25.5. The molecule has 5 rings (SSSR count). The number of aromatic carboxylic acids is 1. The Morgan fingerprint density at radius 2 is 1.63 bits per heavy atom. The number of rotatable bonds is 10. The molecule has 8 nitrogen and oxygen atoms in total. The second kappa shape index (κ2) is 14.1. The maximum Gasteiger partial charge on any atom is 0.416 e. The number of carbonyl (C=O) groups is 3. The Kier molecular flexibility index (Phi) is 9.98. The number of fused-ring (bicyclic) bond motifs is 1. The van der Waals surface area contributed by atoms with Crippen molar-refractivity contribution in [1.29, 1.82) is 0 Å². The van der Waals surface area contributed by atoms with Crippen molar-refractivity contribution in [2.24, 2.45) is 5.10 Å². The topological polar surface area (TPSA) is 111 Å². The molecule has 0 saturated carbocycles. The number of carboxylic acids is 1. The number of hydrogen-bond donors (Lipinski definition) is 3. The van der Waals surface area contributed by atoms with Crippen molar-refractivity contribution in [2.45, 2.75) is 23.9 Å². The molecule has 1 aliphatic heterocycles. The molecule has 46 heavy (non-hydrogen) atoms. The van der Waals surface area contributed by atoms with Crippen molar-refractivity contribution < 1.29 is 32.7 Å². The van der Waals surface area contributed by atoms with Crippen LogP contribution in [0.2, 0.25) is 5.02 Å². The molecular formula is C33H26ClF3N4O4S. The van der Waals surface area contributed by atoms with E-state index >= 15 is 0 Å². The Labute approximate surface area is 271 Å². The molecule has 0 saturated heterocycles. The summed E-state index contributed by atoms with van der Waals surface area (Å²) in [4.78, 5) is 39.8. The lowest BCUT2D eigenvalue weighted by Crippen LogP contribution is -2.34. The maximum absolute atomic E-state index is 13.6. The van der Waals surface area contributed by atoms with Gasteiger partial charge in [0, 0.05) is 22.8 Å². The fourth-order valence-corrected chi connectivity index (χ4v) is 5.92. The van der Waals surface area contributed by atoms with E-state index in [1.807, 2.05) is 48.5 Å². The summed E-state index contributed by atoms with van der Waals surface area (Å²) >= 11 is 7.50. The number of carbonyl (C=O) groups excluding carboxylic acids is 2. The molecule has 0 radical (unpaired) electrons. The number of anilines is 2. The summed E-state index contributed by atoms with van der Waals surface area (Å²) in [7, 11) is 0. The maximum atomic E-state index is 13.6. The number of nitrogens with zero attached hydrogens (tertiary/aromatic N) is 2. The molecule has 0 aliphatic carbocycles. The molecule has 0 fully saturated rings. The van der Waals surface area contributed by atoms with Crippen LogP contribution in [-0.4, -0.2) is 41.0 Å². The van der Waals surface area contributed by atoms with Crippen molar-refractivity contribution in [3.8, 4) is 0 Å². The summed E-state index contributed by atoms with van der Waals surface area (Å²) in [5, 5.41) is 15.3. The highest BCUT2D eigenvalue weighted by molar-refractivity contribution is 7.99. The Morgan fingerprint density at radius 1 is 0.913 bits per heavy atom. The van der Waals surface area contributed by atoms with Gasteiger partial charge in [-0.2, -0.15) is 18.3 Å². The van der Waals surface area contributed by atoms with E-state index < -0.39 is 29.6 Å². The molecule has 4 aromatic rings. The van der Waals surface area contributed by atoms with Gasteiger partial charge in [-0.15, -0.1) is 11.8 Å². The molecule has 1 heterocycles. The van der Waals surface area contributed by atoms with Gasteiger partial charge in [-0.3, -0.25) is 4.79 Å². The van der Waals surface area contributed by atoms with E-state index in [-0.39, 0.29) is 22.0 Å². The first-order chi connectivity index (χ1) is 22.0. The number of hydrazone groups is 1. The first-order valence-corrected chi connectivity index (χ1v) is 15.3. The molecule has 4 aromatic carbocycles. The molecule has 0 spiro atoms. The van der Waals surface area contributed by atoms with Crippen LogP contribution in [0, 0.1) is 0 Å². The summed E-state index contributed by atoms with van der Waals surface area (Å²) < 4.78 is 38.9. The molecule has 0 bridgehead atoms. The third-order valence-electron chi connectivity index (χ3n) is 7.10. The van der Waals surface area contributed by atoms with Crippen LogP contribution in [0.25, 0.3) is 0 Å². The van der Waals surface area contributed by atoms with Gasteiger partial charge in [0.15, 0.2) is 5.71 Å². The predicted octanol–water partition coefficient (Wildman–Crippen LogP) is 7.51. The number of alkyl halides is 3. The van der Waals surface area contributed by atoms with Gasteiger partial charge in [-0.25, -0.2) is 15.0 Å². The SMILES string of the molecule is O=C(NN=C1C(=O)N(CCc2ccccc2)c2ccc(SCCc3ccc(C(=O)O)cc3)cc21)Nc1ccc(C(F)(F)F)cc1Cl. The van der Waals surface area contributed by atoms with Gasteiger partial charge in [0.2, 0.25) is 0 Å². The Morgan fingerprint density at radius 3 is 2.30 bits per heavy atom. The second-order valence-corrected chi connectivity index (χ2v) is 11.8. The number of nitrogens with one attached hydrogen (secondary N) is 2. The monoisotopic (exact) mass is 666 g/mol. The van der Waals surface area contributed by atoms with Gasteiger partial charge in [0.25, 0.3) is 5.91 Å². The average Bonchev–Trinajstić information content (AvgIpc) is 3.29. The van der Waals surface area contributed by atoms with Gasteiger partial charge < -0.3 is 15.3 Å². The van der Waals surface area contributed by atoms with Crippen molar-refractivity contribution in [3.05, 3.63) is 124 Å².